The Balaban J connectivity index is 1.30. The van der Waals surface area contributed by atoms with E-state index in [1.165, 1.54) is 11.6 Å². The Bertz CT molecular complexity index is 1460. The number of rotatable bonds is 4. The highest BCUT2D eigenvalue weighted by atomic mass is 16.6. The van der Waals surface area contributed by atoms with Gasteiger partial charge >= 0.3 is 11.9 Å². The van der Waals surface area contributed by atoms with Gasteiger partial charge in [-0.2, -0.15) is 0 Å². The van der Waals surface area contributed by atoms with E-state index in [1.807, 2.05) is 6.92 Å². The zero-order valence-corrected chi connectivity index (χ0v) is 28.7. The van der Waals surface area contributed by atoms with E-state index in [-0.39, 0.29) is 45.7 Å². The fourth-order valence-electron chi connectivity index (χ4n) is 12.1. The van der Waals surface area contributed by atoms with Crippen molar-refractivity contribution < 1.29 is 34.8 Å². The second-order valence-corrected chi connectivity index (χ2v) is 17.3. The van der Waals surface area contributed by atoms with Crippen molar-refractivity contribution in [3.8, 4) is 5.75 Å². The van der Waals surface area contributed by atoms with E-state index in [0.29, 0.717) is 25.7 Å². The van der Waals surface area contributed by atoms with Gasteiger partial charge in [0.15, 0.2) is 0 Å². The van der Waals surface area contributed by atoms with E-state index in [0.717, 1.165) is 31.2 Å². The van der Waals surface area contributed by atoms with Crippen molar-refractivity contribution in [1.82, 2.24) is 0 Å². The molecular formula is C39H54O7. The number of ether oxygens (including phenoxy) is 1. The number of carboxylic acids is 1. The number of allylic oxidation sites excluding steroid dienone is 2. The molecule has 0 aromatic heterocycles. The van der Waals surface area contributed by atoms with Gasteiger partial charge in [0, 0.05) is 17.4 Å². The maximum absolute atomic E-state index is 13.0. The minimum atomic E-state index is -0.909. The third kappa shape index (κ3) is 4.57. The summed E-state index contributed by atoms with van der Waals surface area (Å²) in [7, 11) is 0. The first kappa shape index (κ1) is 33.3. The van der Waals surface area contributed by atoms with Crippen LogP contribution < -0.4 is 0 Å². The molecule has 1 aromatic carbocycles. The summed E-state index contributed by atoms with van der Waals surface area (Å²) in [4.78, 5) is 26.0. The van der Waals surface area contributed by atoms with E-state index < -0.39 is 40.6 Å². The highest BCUT2D eigenvalue weighted by molar-refractivity contribution is 5.87. The molecule has 1 aromatic rings. The molecule has 5 aliphatic carbocycles. The quantitative estimate of drug-likeness (QED) is 0.158. The van der Waals surface area contributed by atoms with Crippen LogP contribution in [0.4, 0.5) is 0 Å². The summed E-state index contributed by atoms with van der Waals surface area (Å²) in [6.45, 7) is 15.4. The summed E-state index contributed by atoms with van der Waals surface area (Å²) in [5.41, 5.74) is -0.739. The molecule has 4 fully saturated rings. The number of aliphatic carboxylic acids is 1. The van der Waals surface area contributed by atoms with Crippen LogP contribution in [0.1, 0.15) is 105 Å². The minimum absolute atomic E-state index is 0.109. The monoisotopic (exact) mass is 634 g/mol. The van der Waals surface area contributed by atoms with Crippen LogP contribution >= 0.6 is 0 Å². The van der Waals surface area contributed by atoms with Gasteiger partial charge in [0.05, 0.1) is 17.1 Å². The van der Waals surface area contributed by atoms with Crippen LogP contribution in [0.15, 0.2) is 42.0 Å². The molecule has 0 bridgehead atoms. The summed E-state index contributed by atoms with van der Waals surface area (Å²) in [6.07, 6.45) is 9.64. The van der Waals surface area contributed by atoms with Crippen LogP contribution in [0.5, 0.6) is 5.75 Å². The van der Waals surface area contributed by atoms with Gasteiger partial charge in [-0.3, -0.25) is 4.79 Å². The molecule has 1 unspecified atom stereocenters. The van der Waals surface area contributed by atoms with Crippen molar-refractivity contribution in [2.45, 2.75) is 118 Å². The number of carbonyl (C=O) groups excluding carboxylic acids is 1. The number of phenols is 1. The maximum atomic E-state index is 13.0. The fourth-order valence-corrected chi connectivity index (χ4v) is 12.1. The molecule has 46 heavy (non-hydrogen) atoms. The van der Waals surface area contributed by atoms with Gasteiger partial charge in [0.25, 0.3) is 0 Å². The highest BCUT2D eigenvalue weighted by Gasteiger charge is 2.71. The van der Waals surface area contributed by atoms with Crippen molar-refractivity contribution in [3.05, 3.63) is 47.6 Å². The first-order valence-corrected chi connectivity index (χ1v) is 17.4. The van der Waals surface area contributed by atoms with Crippen LogP contribution in [0, 0.1) is 50.7 Å². The van der Waals surface area contributed by atoms with E-state index >= 15 is 0 Å². The standard InChI is InChI=1S/C39H54O7/c1-23-31-26-13-14-29-35(4)22-27(41)32(46-30(42)15-10-24-8-11-25(40)12-9-24)34(2,3)28(35)16-17-37(29,6)36(26,5)18-20-39(31,33(43)44)21-19-38(23,7)45/h8-13,15,23,27-29,31-32,40-41,45H,14,16-22H2,1-7H3,(H,43,44)/b15-10-/t23-,27-,28+,29-,31?,32+,35+,36-,37-,38+,39-/m1/s1. The summed E-state index contributed by atoms with van der Waals surface area (Å²) in [6, 6.07) is 6.57. The van der Waals surface area contributed by atoms with Crippen molar-refractivity contribution in [2.24, 2.45) is 50.7 Å². The molecule has 7 nitrogen and oxygen atoms in total. The van der Waals surface area contributed by atoms with Gasteiger partial charge < -0.3 is 25.2 Å². The summed E-state index contributed by atoms with van der Waals surface area (Å²) in [5.74, 6) is -0.938. The first-order valence-electron chi connectivity index (χ1n) is 17.4. The zero-order valence-electron chi connectivity index (χ0n) is 28.7. The number of fused-ring (bicyclic) bond motifs is 7. The Labute approximate surface area is 274 Å². The molecular weight excluding hydrogens is 580 g/mol. The van der Waals surface area contributed by atoms with Crippen LogP contribution in [0.2, 0.25) is 0 Å². The third-order valence-electron chi connectivity index (χ3n) is 14.9. The van der Waals surface area contributed by atoms with E-state index in [9.17, 15) is 30.0 Å². The molecule has 252 valence electrons. The van der Waals surface area contributed by atoms with Gasteiger partial charge in [-0.25, -0.2) is 4.79 Å². The second-order valence-electron chi connectivity index (χ2n) is 17.3. The Morgan fingerprint density at radius 1 is 0.935 bits per heavy atom. The molecule has 6 rings (SSSR count). The Kier molecular flexibility index (Phi) is 7.73. The van der Waals surface area contributed by atoms with Crippen molar-refractivity contribution in [1.29, 1.82) is 0 Å². The van der Waals surface area contributed by atoms with Gasteiger partial charge in [-0.1, -0.05) is 65.3 Å². The van der Waals surface area contributed by atoms with E-state index in [1.54, 1.807) is 30.3 Å². The van der Waals surface area contributed by atoms with Crippen LogP contribution in [0.3, 0.4) is 0 Å². The molecule has 7 heteroatoms. The normalized spacial score (nSPS) is 46.2. The lowest BCUT2D eigenvalue weighted by atomic mass is 9.33. The maximum Gasteiger partial charge on any atom is 0.331 e. The number of aliphatic hydroxyl groups excluding tert-OH is 1. The van der Waals surface area contributed by atoms with E-state index in [4.69, 9.17) is 4.74 Å². The molecule has 11 atom stereocenters. The number of hydrogen-bond acceptors (Lipinski definition) is 6. The zero-order chi connectivity index (χ0) is 33.7. The number of carboxylic acid groups (broad SMARTS) is 1. The second kappa shape index (κ2) is 10.7. The van der Waals surface area contributed by atoms with E-state index in [2.05, 4.69) is 47.6 Å². The van der Waals surface area contributed by atoms with Crippen LogP contribution in [-0.4, -0.2) is 50.2 Å². The summed E-state index contributed by atoms with van der Waals surface area (Å²) < 4.78 is 6.03. The molecule has 4 N–H and O–H groups in total. The largest absolute Gasteiger partial charge is 0.508 e. The molecule has 0 heterocycles. The number of benzene rings is 1. The minimum Gasteiger partial charge on any atom is -0.508 e. The Morgan fingerprint density at radius 2 is 1.59 bits per heavy atom. The van der Waals surface area contributed by atoms with Gasteiger partial charge in [0.2, 0.25) is 0 Å². The van der Waals surface area contributed by atoms with Crippen molar-refractivity contribution >= 4 is 18.0 Å². The third-order valence-corrected chi connectivity index (χ3v) is 14.9. The number of aromatic hydroxyl groups is 1. The highest BCUT2D eigenvalue weighted by Crippen LogP contribution is 2.76. The number of phenolic OH excluding ortho intramolecular Hbond substituents is 1. The van der Waals surface area contributed by atoms with Gasteiger partial charge in [-0.05, 0) is 116 Å². The number of aliphatic hydroxyl groups is 2. The molecule has 0 amide bonds. The first-order chi connectivity index (χ1) is 21.3. The topological polar surface area (TPSA) is 124 Å². The van der Waals surface area contributed by atoms with Gasteiger partial charge in [0.1, 0.15) is 11.9 Å². The molecule has 4 saturated carbocycles. The lowest BCUT2D eigenvalue weighted by Gasteiger charge is -2.71. The Hall–Kier alpha value is -2.64. The lowest BCUT2D eigenvalue weighted by Crippen LogP contribution is -2.68. The molecule has 0 saturated heterocycles. The predicted molar refractivity (Wildman–Crippen MR) is 176 cm³/mol. The lowest BCUT2D eigenvalue weighted by molar-refractivity contribution is -0.240. The average molecular weight is 635 g/mol. The smallest absolute Gasteiger partial charge is 0.331 e. The predicted octanol–water partition coefficient (Wildman–Crippen LogP) is 7.15. The van der Waals surface area contributed by atoms with Crippen LogP contribution in [-0.2, 0) is 14.3 Å². The number of hydrogen-bond donors (Lipinski definition) is 4. The Morgan fingerprint density at radius 3 is 2.24 bits per heavy atom. The number of esters is 1. The summed E-state index contributed by atoms with van der Waals surface area (Å²) >= 11 is 0. The molecule has 5 aliphatic rings. The average Bonchev–Trinajstić information content (AvgIpc) is 2.97. The fraction of sp³-hybridized carbons (Fsp3) is 0.692. The SMILES string of the molecule is C[C@@H]1C2C3=CC[C@@H]4[C@@]5(C)C[C@@H](O)[C@H](OC(=O)/C=C\c6ccc(O)cc6)C(C)(C)[C@@H]5CC[C@@]4(C)[C@]3(C)CC[C@@]2(C(=O)O)CC[C@]1(C)O. The number of carbonyl (C=O) groups is 2. The molecule has 0 aliphatic heterocycles. The molecule has 0 radical (unpaired) electrons. The van der Waals surface area contributed by atoms with Crippen molar-refractivity contribution in [2.75, 3.05) is 0 Å². The summed E-state index contributed by atoms with van der Waals surface area (Å²) in [5, 5.41) is 43.4. The molecule has 0 spiro atoms. The van der Waals surface area contributed by atoms with Gasteiger partial charge in [-0.15, -0.1) is 0 Å². The van der Waals surface area contributed by atoms with Crippen LogP contribution in [0.25, 0.3) is 6.08 Å². The van der Waals surface area contributed by atoms with Crippen molar-refractivity contribution in [3.63, 3.8) is 0 Å².